The Morgan fingerprint density at radius 3 is 2.62 bits per heavy atom. The maximum Gasteiger partial charge on any atom is 0.175 e. The van der Waals surface area contributed by atoms with Crippen molar-refractivity contribution in [2.75, 3.05) is 0 Å². The first-order valence-corrected chi connectivity index (χ1v) is 5.62. The van der Waals surface area contributed by atoms with Crippen LogP contribution in [0.25, 0.3) is 0 Å². The number of fused-ring (bicyclic) bond motifs is 1. The third kappa shape index (κ3) is 1.56. The molecule has 2 heterocycles. The molecule has 3 nitrogen and oxygen atoms in total. The lowest BCUT2D eigenvalue weighted by Gasteiger charge is -2.21. The summed E-state index contributed by atoms with van der Waals surface area (Å²) in [4.78, 5) is 21.1. The van der Waals surface area contributed by atoms with Crippen molar-refractivity contribution in [3.8, 4) is 0 Å². The molecule has 0 aliphatic carbocycles. The standard InChI is InChI=1S/C13H16N2O/c1-5-10-9(4)15-13-11(12(10)16)7(2)6-8(3)14-13/h6,10H,5H2,1-4H3. The molecule has 0 fully saturated rings. The third-order valence-corrected chi connectivity index (χ3v) is 3.08. The van der Waals surface area contributed by atoms with E-state index in [0.717, 1.165) is 23.4 Å². The summed E-state index contributed by atoms with van der Waals surface area (Å²) in [7, 11) is 0. The summed E-state index contributed by atoms with van der Waals surface area (Å²) in [5.41, 5.74) is 3.50. The van der Waals surface area contributed by atoms with Gasteiger partial charge in [-0.05, 0) is 38.8 Å². The Bertz CT molecular complexity index is 489. The van der Waals surface area contributed by atoms with E-state index < -0.39 is 0 Å². The molecule has 0 amide bonds. The predicted molar refractivity (Wildman–Crippen MR) is 64.6 cm³/mol. The van der Waals surface area contributed by atoms with Crippen LogP contribution in [0.3, 0.4) is 0 Å². The molecule has 3 heteroatoms. The number of rotatable bonds is 1. The second-order valence-electron chi connectivity index (χ2n) is 4.36. The molecule has 1 aromatic rings. The van der Waals surface area contributed by atoms with Crippen molar-refractivity contribution in [2.24, 2.45) is 10.9 Å². The number of aryl methyl sites for hydroxylation is 2. The molecule has 0 spiro atoms. The van der Waals surface area contributed by atoms with Crippen molar-refractivity contribution >= 4 is 17.3 Å². The largest absolute Gasteiger partial charge is 0.293 e. The van der Waals surface area contributed by atoms with E-state index in [4.69, 9.17) is 0 Å². The first-order chi connectivity index (χ1) is 7.54. The summed E-state index contributed by atoms with van der Waals surface area (Å²) in [6, 6.07) is 1.94. The Balaban J connectivity index is 2.66. The fraction of sp³-hybridized carbons (Fsp3) is 0.462. The fourth-order valence-corrected chi connectivity index (χ4v) is 2.29. The molecule has 1 aromatic heterocycles. The summed E-state index contributed by atoms with van der Waals surface area (Å²) < 4.78 is 0. The van der Waals surface area contributed by atoms with Gasteiger partial charge >= 0.3 is 0 Å². The van der Waals surface area contributed by atoms with Crippen molar-refractivity contribution in [2.45, 2.75) is 34.1 Å². The fourth-order valence-electron chi connectivity index (χ4n) is 2.29. The number of aromatic nitrogens is 1. The Kier molecular flexibility index (Phi) is 2.62. The van der Waals surface area contributed by atoms with Gasteiger partial charge < -0.3 is 0 Å². The molecular weight excluding hydrogens is 200 g/mol. The Morgan fingerprint density at radius 2 is 2.00 bits per heavy atom. The van der Waals surface area contributed by atoms with Crippen LogP contribution in [-0.2, 0) is 0 Å². The Hall–Kier alpha value is -1.51. The SMILES string of the molecule is CCC1C(=O)c2c(C)cc(C)nc2N=C1C. The van der Waals surface area contributed by atoms with Crippen LogP contribution < -0.4 is 0 Å². The third-order valence-electron chi connectivity index (χ3n) is 3.08. The van der Waals surface area contributed by atoms with Crippen LogP contribution in [0.4, 0.5) is 5.82 Å². The van der Waals surface area contributed by atoms with Gasteiger partial charge in [0.1, 0.15) is 0 Å². The van der Waals surface area contributed by atoms with Crippen LogP contribution in [-0.4, -0.2) is 16.5 Å². The number of nitrogens with zero attached hydrogens (tertiary/aromatic N) is 2. The van der Waals surface area contributed by atoms with E-state index in [2.05, 4.69) is 9.98 Å². The monoisotopic (exact) mass is 216 g/mol. The quantitative estimate of drug-likeness (QED) is 0.724. The molecule has 2 rings (SSSR count). The molecule has 0 saturated heterocycles. The highest BCUT2D eigenvalue weighted by atomic mass is 16.1. The molecule has 0 bridgehead atoms. The molecule has 0 aromatic carbocycles. The molecule has 84 valence electrons. The van der Waals surface area contributed by atoms with Gasteiger partial charge in [0.05, 0.1) is 11.5 Å². The number of hydrogen-bond donors (Lipinski definition) is 0. The van der Waals surface area contributed by atoms with Crippen LogP contribution in [0, 0.1) is 19.8 Å². The van der Waals surface area contributed by atoms with Gasteiger partial charge in [-0.15, -0.1) is 0 Å². The van der Waals surface area contributed by atoms with E-state index in [1.807, 2.05) is 33.8 Å². The smallest absolute Gasteiger partial charge is 0.175 e. The molecule has 16 heavy (non-hydrogen) atoms. The highest BCUT2D eigenvalue weighted by Gasteiger charge is 2.29. The van der Waals surface area contributed by atoms with Gasteiger partial charge in [-0.25, -0.2) is 9.98 Å². The molecule has 0 radical (unpaired) electrons. The van der Waals surface area contributed by atoms with E-state index in [-0.39, 0.29) is 11.7 Å². The zero-order valence-corrected chi connectivity index (χ0v) is 10.2. The molecule has 1 atom stereocenters. The van der Waals surface area contributed by atoms with E-state index >= 15 is 0 Å². The summed E-state index contributed by atoms with van der Waals surface area (Å²) in [6.07, 6.45) is 0.806. The van der Waals surface area contributed by atoms with Gasteiger partial charge in [-0.2, -0.15) is 0 Å². The van der Waals surface area contributed by atoms with Gasteiger partial charge in [-0.3, -0.25) is 4.79 Å². The molecular formula is C13H16N2O. The number of ketones is 1. The highest BCUT2D eigenvalue weighted by Crippen LogP contribution is 2.31. The number of hydrogen-bond acceptors (Lipinski definition) is 3. The van der Waals surface area contributed by atoms with Gasteiger partial charge in [-0.1, -0.05) is 6.92 Å². The lowest BCUT2D eigenvalue weighted by molar-refractivity contribution is 0.0949. The number of pyridine rings is 1. The maximum absolute atomic E-state index is 12.3. The Labute approximate surface area is 95.6 Å². The second-order valence-corrected chi connectivity index (χ2v) is 4.36. The van der Waals surface area contributed by atoms with E-state index in [1.54, 1.807) is 0 Å². The number of carbonyl (C=O) groups excluding carboxylic acids is 1. The molecule has 1 aliphatic heterocycles. The predicted octanol–water partition coefficient (Wildman–Crippen LogP) is 3.01. The molecule has 1 unspecified atom stereocenters. The van der Waals surface area contributed by atoms with Crippen LogP contribution in [0.15, 0.2) is 11.1 Å². The topological polar surface area (TPSA) is 42.3 Å². The van der Waals surface area contributed by atoms with Gasteiger partial charge in [0.15, 0.2) is 11.6 Å². The lowest BCUT2D eigenvalue weighted by atomic mass is 9.87. The minimum Gasteiger partial charge on any atom is -0.293 e. The van der Waals surface area contributed by atoms with Crippen LogP contribution >= 0.6 is 0 Å². The Morgan fingerprint density at radius 1 is 1.31 bits per heavy atom. The van der Waals surface area contributed by atoms with E-state index in [0.29, 0.717) is 11.4 Å². The minimum atomic E-state index is -0.0595. The van der Waals surface area contributed by atoms with Crippen LogP contribution in [0.5, 0.6) is 0 Å². The van der Waals surface area contributed by atoms with Gasteiger partial charge in [0, 0.05) is 11.4 Å². The van der Waals surface area contributed by atoms with E-state index in [9.17, 15) is 4.79 Å². The minimum absolute atomic E-state index is 0.0595. The van der Waals surface area contributed by atoms with Gasteiger partial charge in [0.2, 0.25) is 0 Å². The molecule has 0 saturated carbocycles. The van der Waals surface area contributed by atoms with Gasteiger partial charge in [0.25, 0.3) is 0 Å². The molecule has 0 N–H and O–H groups in total. The zero-order chi connectivity index (χ0) is 11.9. The summed E-state index contributed by atoms with van der Waals surface area (Å²) in [6.45, 7) is 7.81. The number of Topliss-reactive ketones (excluding diaryl/α,β-unsaturated/α-hetero) is 1. The van der Waals surface area contributed by atoms with Crippen LogP contribution in [0.2, 0.25) is 0 Å². The summed E-state index contributed by atoms with van der Waals surface area (Å²) in [5, 5.41) is 0. The lowest BCUT2D eigenvalue weighted by Crippen LogP contribution is -2.26. The maximum atomic E-state index is 12.3. The normalized spacial score (nSPS) is 19.4. The first kappa shape index (κ1) is 11.0. The summed E-state index contributed by atoms with van der Waals surface area (Å²) >= 11 is 0. The van der Waals surface area contributed by atoms with Crippen LogP contribution in [0.1, 0.15) is 41.9 Å². The van der Waals surface area contributed by atoms with E-state index in [1.165, 1.54) is 0 Å². The van der Waals surface area contributed by atoms with Crippen molar-refractivity contribution in [3.05, 3.63) is 22.9 Å². The molecule has 1 aliphatic rings. The average Bonchev–Trinajstić information content (AvgIpc) is 2.15. The highest BCUT2D eigenvalue weighted by molar-refractivity contribution is 6.17. The van der Waals surface area contributed by atoms with Crippen molar-refractivity contribution in [1.29, 1.82) is 0 Å². The summed E-state index contributed by atoms with van der Waals surface area (Å²) in [5.74, 6) is 0.718. The van der Waals surface area contributed by atoms with Crippen molar-refractivity contribution < 1.29 is 4.79 Å². The average molecular weight is 216 g/mol. The van der Waals surface area contributed by atoms with Crippen molar-refractivity contribution in [3.63, 3.8) is 0 Å². The second kappa shape index (κ2) is 3.81. The number of aliphatic imine (C=N–C) groups is 1. The first-order valence-electron chi connectivity index (χ1n) is 5.62. The van der Waals surface area contributed by atoms with Crippen molar-refractivity contribution in [1.82, 2.24) is 4.98 Å². The zero-order valence-electron chi connectivity index (χ0n) is 10.2. The number of carbonyl (C=O) groups is 1.